The molecule has 0 saturated carbocycles. The number of hydrogen-bond acceptors (Lipinski definition) is 5. The number of anilines is 1. The molecule has 0 bridgehead atoms. The summed E-state index contributed by atoms with van der Waals surface area (Å²) >= 11 is 0. The fourth-order valence-electron chi connectivity index (χ4n) is 3.16. The number of amides is 1. The largest absolute Gasteiger partial charge is 0.490 e. The van der Waals surface area contributed by atoms with Crippen molar-refractivity contribution >= 4 is 27.8 Å². The topological polar surface area (TPSA) is 88.1 Å². The number of sulfonamides is 1. The Kier molecular flexibility index (Phi) is 8.21. The van der Waals surface area contributed by atoms with Gasteiger partial charge in [-0.3, -0.25) is 9.10 Å². The summed E-state index contributed by atoms with van der Waals surface area (Å²) in [6.07, 6.45) is 4.36. The Morgan fingerprint density at radius 1 is 1.06 bits per heavy atom. The van der Waals surface area contributed by atoms with E-state index >= 15 is 0 Å². The van der Waals surface area contributed by atoms with Gasteiger partial charge in [0.25, 0.3) is 5.91 Å². The average Bonchev–Trinajstić information content (AvgIpc) is 2.82. The van der Waals surface area contributed by atoms with E-state index in [4.69, 9.17) is 4.74 Å². The average molecular weight is 478 g/mol. The molecule has 34 heavy (non-hydrogen) atoms. The molecule has 7 nitrogen and oxygen atoms in total. The molecule has 0 atom stereocenters. The fourth-order valence-corrected chi connectivity index (χ4v) is 4.03. The summed E-state index contributed by atoms with van der Waals surface area (Å²) in [6.45, 7) is 6.18. The highest BCUT2D eigenvalue weighted by Gasteiger charge is 2.19. The zero-order valence-electron chi connectivity index (χ0n) is 19.1. The van der Waals surface area contributed by atoms with Crippen LogP contribution in [0.3, 0.4) is 0 Å². The van der Waals surface area contributed by atoms with Crippen LogP contribution in [0.2, 0.25) is 0 Å². The van der Waals surface area contributed by atoms with Gasteiger partial charge < -0.3 is 4.74 Å². The van der Waals surface area contributed by atoms with Crippen LogP contribution in [-0.4, -0.2) is 33.4 Å². The molecule has 3 rings (SSSR count). The number of hydrogen-bond donors (Lipinski definition) is 1. The van der Waals surface area contributed by atoms with Crippen LogP contribution in [0.25, 0.3) is 0 Å². The molecule has 176 valence electrons. The molecule has 0 aromatic heterocycles. The number of nitrogens with zero attached hydrogens (tertiary/aromatic N) is 2. The number of ether oxygens (including phenoxy) is 1. The van der Waals surface area contributed by atoms with Crippen molar-refractivity contribution in [2.45, 2.75) is 13.5 Å². The molecule has 0 radical (unpaired) electrons. The number of carbonyl (C=O) groups excluding carboxylic acids is 1. The van der Waals surface area contributed by atoms with Crippen LogP contribution in [0.4, 0.5) is 5.69 Å². The summed E-state index contributed by atoms with van der Waals surface area (Å²) < 4.78 is 31.6. The number of carbonyl (C=O) groups is 1. The van der Waals surface area contributed by atoms with E-state index in [-0.39, 0.29) is 6.54 Å². The first-order valence-corrected chi connectivity index (χ1v) is 12.4. The van der Waals surface area contributed by atoms with Gasteiger partial charge in [0.15, 0.2) is 0 Å². The smallest absolute Gasteiger partial charge is 0.271 e. The molecule has 8 heteroatoms. The third kappa shape index (κ3) is 6.79. The maximum absolute atomic E-state index is 12.4. The van der Waals surface area contributed by atoms with Gasteiger partial charge in [0, 0.05) is 5.56 Å². The Bertz CT molecular complexity index is 1270. The lowest BCUT2D eigenvalue weighted by Gasteiger charge is -2.23. The van der Waals surface area contributed by atoms with E-state index in [1.165, 1.54) is 16.8 Å². The second kappa shape index (κ2) is 11.3. The zero-order chi connectivity index (χ0) is 24.6. The van der Waals surface area contributed by atoms with Gasteiger partial charge in [-0.1, -0.05) is 36.9 Å². The van der Waals surface area contributed by atoms with Crippen molar-refractivity contribution in [3.8, 4) is 5.75 Å². The quantitative estimate of drug-likeness (QED) is 0.268. The van der Waals surface area contributed by atoms with Crippen molar-refractivity contribution in [3.63, 3.8) is 0 Å². The molecule has 0 aliphatic heterocycles. The lowest BCUT2D eigenvalue weighted by molar-refractivity contribution is 0.0955. The van der Waals surface area contributed by atoms with Crippen molar-refractivity contribution in [2.75, 3.05) is 17.2 Å². The highest BCUT2D eigenvalue weighted by molar-refractivity contribution is 7.92. The van der Waals surface area contributed by atoms with Gasteiger partial charge in [0.2, 0.25) is 10.0 Å². The first-order chi connectivity index (χ1) is 16.3. The molecule has 0 heterocycles. The maximum atomic E-state index is 12.4. The van der Waals surface area contributed by atoms with Crippen LogP contribution < -0.4 is 14.5 Å². The van der Waals surface area contributed by atoms with Crippen LogP contribution in [0.15, 0.2) is 90.6 Å². The molecule has 0 unspecified atom stereocenters. The first-order valence-electron chi connectivity index (χ1n) is 10.6. The van der Waals surface area contributed by atoms with Gasteiger partial charge in [-0.2, -0.15) is 5.10 Å². The summed E-state index contributed by atoms with van der Waals surface area (Å²) in [7, 11) is -3.52. The number of hydrazone groups is 1. The van der Waals surface area contributed by atoms with Crippen LogP contribution >= 0.6 is 0 Å². The second-order valence-corrected chi connectivity index (χ2v) is 9.52. The molecular weight excluding hydrogens is 450 g/mol. The van der Waals surface area contributed by atoms with E-state index in [9.17, 15) is 13.2 Å². The van der Waals surface area contributed by atoms with Crippen molar-refractivity contribution in [1.29, 1.82) is 0 Å². The first kappa shape index (κ1) is 24.7. The highest BCUT2D eigenvalue weighted by atomic mass is 32.2. The molecule has 0 spiro atoms. The van der Waals surface area contributed by atoms with Crippen LogP contribution in [-0.2, 0) is 16.6 Å². The Morgan fingerprint density at radius 3 is 2.35 bits per heavy atom. The molecule has 0 aliphatic rings. The standard InChI is InChI=1S/C26H27N3O4S/c1-4-17-33-25-15-9-21(10-16-25)18-27-28-26(30)22-11-13-24(14-12-22)29(34(3,31)32)19-23-8-6-5-7-20(23)2/h4-16,18H,1,17,19H2,2-3H3,(H,28,30)/b27-18-. The molecule has 1 N–H and O–H groups in total. The minimum atomic E-state index is -3.52. The fraction of sp³-hybridized carbons (Fsp3) is 0.154. The van der Waals surface area contributed by atoms with E-state index in [1.807, 2.05) is 43.3 Å². The van der Waals surface area contributed by atoms with E-state index in [1.54, 1.807) is 42.5 Å². The van der Waals surface area contributed by atoms with E-state index < -0.39 is 15.9 Å². The van der Waals surface area contributed by atoms with Crippen molar-refractivity contribution < 1.29 is 17.9 Å². The third-order valence-electron chi connectivity index (χ3n) is 5.02. The molecule has 3 aromatic carbocycles. The number of nitrogens with one attached hydrogen (secondary N) is 1. The van der Waals surface area contributed by atoms with Crippen LogP contribution in [0.5, 0.6) is 5.75 Å². The lowest BCUT2D eigenvalue weighted by atomic mass is 10.1. The Labute approximate surface area is 200 Å². The maximum Gasteiger partial charge on any atom is 0.271 e. The minimum absolute atomic E-state index is 0.207. The van der Waals surface area contributed by atoms with E-state index in [2.05, 4.69) is 17.1 Å². The number of rotatable bonds is 10. The van der Waals surface area contributed by atoms with Gasteiger partial charge in [-0.25, -0.2) is 13.8 Å². The summed E-state index contributed by atoms with van der Waals surface area (Å²) in [5.74, 6) is 0.310. The van der Waals surface area contributed by atoms with Crippen molar-refractivity contribution in [3.05, 3.63) is 108 Å². The van der Waals surface area contributed by atoms with Crippen LogP contribution in [0.1, 0.15) is 27.0 Å². The lowest BCUT2D eigenvalue weighted by Crippen LogP contribution is -2.29. The normalized spacial score (nSPS) is 11.2. The predicted octanol–water partition coefficient (Wildman–Crippen LogP) is 4.29. The van der Waals surface area contributed by atoms with Gasteiger partial charge >= 0.3 is 0 Å². The summed E-state index contributed by atoms with van der Waals surface area (Å²) in [5, 5.41) is 3.98. The third-order valence-corrected chi connectivity index (χ3v) is 6.16. The van der Waals surface area contributed by atoms with Crippen molar-refractivity contribution in [2.24, 2.45) is 5.10 Å². The van der Waals surface area contributed by atoms with E-state index in [0.717, 1.165) is 16.7 Å². The molecular formula is C26H27N3O4S. The summed E-state index contributed by atoms with van der Waals surface area (Å²) in [4.78, 5) is 12.4. The number of benzene rings is 3. The number of aryl methyl sites for hydroxylation is 1. The minimum Gasteiger partial charge on any atom is -0.490 e. The van der Waals surface area contributed by atoms with Gasteiger partial charge in [-0.05, 0) is 72.1 Å². The Balaban J connectivity index is 1.66. The molecule has 3 aromatic rings. The molecule has 0 saturated heterocycles. The van der Waals surface area contributed by atoms with Gasteiger partial charge in [0.1, 0.15) is 12.4 Å². The Hall–Kier alpha value is -3.91. The SMILES string of the molecule is C=CCOc1ccc(/C=N\NC(=O)c2ccc(N(Cc3ccccc3C)S(C)(=O)=O)cc2)cc1. The van der Waals surface area contributed by atoms with Gasteiger partial charge in [0.05, 0.1) is 24.7 Å². The molecule has 0 aliphatic carbocycles. The van der Waals surface area contributed by atoms with E-state index in [0.29, 0.717) is 23.6 Å². The van der Waals surface area contributed by atoms with Crippen molar-refractivity contribution in [1.82, 2.24) is 5.43 Å². The Morgan fingerprint density at radius 2 is 1.74 bits per heavy atom. The van der Waals surface area contributed by atoms with Crippen LogP contribution in [0, 0.1) is 6.92 Å². The zero-order valence-corrected chi connectivity index (χ0v) is 20.0. The molecule has 0 fully saturated rings. The summed E-state index contributed by atoms with van der Waals surface area (Å²) in [5.41, 5.74) is 6.02. The second-order valence-electron chi connectivity index (χ2n) is 7.61. The monoisotopic (exact) mass is 477 g/mol. The predicted molar refractivity (Wildman–Crippen MR) is 136 cm³/mol. The summed E-state index contributed by atoms with van der Waals surface area (Å²) in [6, 6.07) is 21.2. The highest BCUT2D eigenvalue weighted by Crippen LogP contribution is 2.22. The molecule has 1 amide bonds. The van der Waals surface area contributed by atoms with Gasteiger partial charge in [-0.15, -0.1) is 0 Å².